The molecule has 3 heterocycles. The van der Waals surface area contributed by atoms with Crippen molar-refractivity contribution >= 4 is 67.5 Å². The van der Waals surface area contributed by atoms with Crippen LogP contribution in [-0.2, 0) is 14.3 Å². The number of fused-ring (bicyclic) bond motifs is 1. The van der Waals surface area contributed by atoms with Crippen LogP contribution in [0.5, 0.6) is 0 Å². The number of hydrogen-bond acceptors (Lipinski definition) is 10. The molecule has 0 aliphatic heterocycles. The van der Waals surface area contributed by atoms with E-state index in [2.05, 4.69) is 5.32 Å². The Hall–Kier alpha value is -4.26. The van der Waals surface area contributed by atoms with Crippen molar-refractivity contribution in [1.29, 1.82) is 0 Å². The highest BCUT2D eigenvalue weighted by atomic mass is 32.2. The Kier molecular flexibility index (Phi) is 9.62. The average Bonchev–Trinajstić information content (AvgIpc) is 3.52. The number of para-hydroxylation sites is 1. The molecule has 0 unspecified atom stereocenters. The van der Waals surface area contributed by atoms with Gasteiger partial charge in [-0.1, -0.05) is 60.3 Å². The minimum Gasteiger partial charge on any atom is -0.462 e. The number of benzene rings is 2. The zero-order valence-electron chi connectivity index (χ0n) is 24.5. The molecule has 0 radical (unpaired) electrons. The topological polar surface area (TPSA) is 117 Å². The summed E-state index contributed by atoms with van der Waals surface area (Å²) in [6.07, 6.45) is 0. The van der Waals surface area contributed by atoms with Crippen LogP contribution >= 0.6 is 34.4 Å². The number of anilines is 1. The van der Waals surface area contributed by atoms with Gasteiger partial charge in [-0.25, -0.2) is 14.6 Å². The smallest absolute Gasteiger partial charge is 0.348 e. The fraction of sp³-hybridized carbons (Fsp3) is 0.219. The number of carbonyl (C=O) groups is 3. The van der Waals surface area contributed by atoms with Gasteiger partial charge >= 0.3 is 11.9 Å². The molecule has 2 aromatic carbocycles. The van der Waals surface area contributed by atoms with Gasteiger partial charge in [-0.3, -0.25) is 14.2 Å². The monoisotopic (exact) mass is 647 g/mol. The molecule has 1 amide bonds. The second-order valence-corrected chi connectivity index (χ2v) is 12.7. The number of carbonyl (C=O) groups excluding carboxylic acids is 3. The van der Waals surface area contributed by atoms with Crippen LogP contribution in [0.25, 0.3) is 27.0 Å². The van der Waals surface area contributed by atoms with Crippen LogP contribution < -0.4 is 10.9 Å². The molecule has 9 nitrogen and oxygen atoms in total. The van der Waals surface area contributed by atoms with E-state index >= 15 is 0 Å². The van der Waals surface area contributed by atoms with Gasteiger partial charge in [0.05, 0.1) is 35.6 Å². The second kappa shape index (κ2) is 13.6. The Bertz CT molecular complexity index is 1910. The summed E-state index contributed by atoms with van der Waals surface area (Å²) in [6, 6.07) is 18.9. The first-order valence-electron chi connectivity index (χ1n) is 13.8. The molecule has 0 saturated heterocycles. The van der Waals surface area contributed by atoms with Gasteiger partial charge in [0.2, 0.25) is 5.91 Å². The van der Waals surface area contributed by atoms with Gasteiger partial charge in [0.1, 0.15) is 14.7 Å². The van der Waals surface area contributed by atoms with Crippen molar-refractivity contribution in [3.63, 3.8) is 0 Å². The van der Waals surface area contributed by atoms with E-state index in [0.29, 0.717) is 26.6 Å². The average molecular weight is 648 g/mol. The number of nitrogens with one attached hydrogen (secondary N) is 1. The number of amides is 1. The molecule has 0 aliphatic rings. The normalized spacial score (nSPS) is 11.0. The van der Waals surface area contributed by atoms with Crippen LogP contribution in [0.3, 0.4) is 0 Å². The number of aromatic nitrogens is 2. The Morgan fingerprint density at radius 3 is 2.20 bits per heavy atom. The van der Waals surface area contributed by atoms with Gasteiger partial charge in [0.25, 0.3) is 5.56 Å². The van der Waals surface area contributed by atoms with Crippen LogP contribution in [0.1, 0.15) is 44.3 Å². The minimum absolute atomic E-state index is 0.112. The largest absolute Gasteiger partial charge is 0.462 e. The van der Waals surface area contributed by atoms with Crippen molar-refractivity contribution in [2.24, 2.45) is 0 Å². The van der Waals surface area contributed by atoms with Crippen molar-refractivity contribution < 1.29 is 23.9 Å². The fourth-order valence-corrected chi connectivity index (χ4v) is 7.74. The number of hydrogen-bond donors (Lipinski definition) is 1. The number of rotatable bonds is 10. The van der Waals surface area contributed by atoms with Crippen molar-refractivity contribution in [1.82, 2.24) is 9.55 Å². The first kappa shape index (κ1) is 31.2. The molecule has 5 rings (SSSR count). The number of esters is 2. The zero-order valence-corrected chi connectivity index (χ0v) is 26.9. The summed E-state index contributed by atoms with van der Waals surface area (Å²) in [4.78, 5) is 59.3. The summed E-state index contributed by atoms with van der Waals surface area (Å²) in [5.41, 5.74) is 2.66. The van der Waals surface area contributed by atoms with E-state index in [1.54, 1.807) is 20.8 Å². The Labute approximate surface area is 265 Å². The summed E-state index contributed by atoms with van der Waals surface area (Å²) in [5.74, 6) is -1.79. The SMILES string of the molecule is CCOC(=O)c1sc(NC(=O)CSc2nc3sc(C)c(-c4ccccc4)c3c(=O)n2-c2ccccc2)c(C(=O)OCC)c1C. The van der Waals surface area contributed by atoms with E-state index in [1.165, 1.54) is 15.9 Å². The van der Waals surface area contributed by atoms with Gasteiger partial charge in [0, 0.05) is 10.4 Å². The van der Waals surface area contributed by atoms with E-state index in [9.17, 15) is 19.2 Å². The van der Waals surface area contributed by atoms with E-state index in [0.717, 1.165) is 39.1 Å². The molecular weight excluding hydrogens is 619 g/mol. The van der Waals surface area contributed by atoms with Gasteiger partial charge in [0.15, 0.2) is 5.16 Å². The lowest BCUT2D eigenvalue weighted by molar-refractivity contribution is -0.113. The van der Waals surface area contributed by atoms with Crippen molar-refractivity contribution in [3.8, 4) is 16.8 Å². The first-order valence-corrected chi connectivity index (χ1v) is 16.4. The first-order chi connectivity index (χ1) is 21.2. The van der Waals surface area contributed by atoms with Crippen LogP contribution in [0.15, 0.2) is 70.6 Å². The van der Waals surface area contributed by atoms with Crippen LogP contribution in [0.4, 0.5) is 5.00 Å². The summed E-state index contributed by atoms with van der Waals surface area (Å²) in [6.45, 7) is 7.24. The number of thiophene rings is 2. The van der Waals surface area contributed by atoms with Gasteiger partial charge < -0.3 is 14.8 Å². The lowest BCUT2D eigenvalue weighted by Gasteiger charge is -2.13. The predicted octanol–water partition coefficient (Wildman–Crippen LogP) is 6.88. The van der Waals surface area contributed by atoms with E-state index in [1.807, 2.05) is 67.6 Å². The third-order valence-electron chi connectivity index (χ3n) is 6.62. The molecule has 12 heteroatoms. The van der Waals surface area contributed by atoms with Crippen LogP contribution in [0, 0.1) is 13.8 Å². The van der Waals surface area contributed by atoms with Gasteiger partial charge in [-0.05, 0) is 51.0 Å². The summed E-state index contributed by atoms with van der Waals surface area (Å²) in [7, 11) is 0. The molecule has 0 aliphatic carbocycles. The molecule has 5 aromatic rings. The van der Waals surface area contributed by atoms with Gasteiger partial charge in [-0.15, -0.1) is 22.7 Å². The van der Waals surface area contributed by atoms with E-state index in [-0.39, 0.29) is 40.0 Å². The molecule has 226 valence electrons. The number of aryl methyl sites for hydroxylation is 1. The lowest BCUT2D eigenvalue weighted by atomic mass is 10.0. The maximum Gasteiger partial charge on any atom is 0.348 e. The summed E-state index contributed by atoms with van der Waals surface area (Å²) < 4.78 is 11.8. The highest BCUT2D eigenvalue weighted by molar-refractivity contribution is 7.99. The van der Waals surface area contributed by atoms with Crippen molar-refractivity contribution in [2.75, 3.05) is 24.3 Å². The maximum absolute atomic E-state index is 14.2. The third kappa shape index (κ3) is 6.19. The summed E-state index contributed by atoms with van der Waals surface area (Å²) in [5, 5.41) is 3.83. The van der Waals surface area contributed by atoms with E-state index in [4.69, 9.17) is 14.5 Å². The minimum atomic E-state index is -0.646. The Balaban J connectivity index is 1.50. The van der Waals surface area contributed by atoms with Crippen LogP contribution in [0.2, 0.25) is 0 Å². The molecule has 44 heavy (non-hydrogen) atoms. The van der Waals surface area contributed by atoms with Crippen molar-refractivity contribution in [2.45, 2.75) is 32.9 Å². The molecule has 0 bridgehead atoms. The van der Waals surface area contributed by atoms with Crippen LogP contribution in [-0.4, -0.2) is 46.4 Å². The van der Waals surface area contributed by atoms with E-state index < -0.39 is 17.8 Å². The molecular formula is C32H29N3O6S3. The highest BCUT2D eigenvalue weighted by Crippen LogP contribution is 2.37. The molecule has 3 aromatic heterocycles. The number of thioether (sulfide) groups is 1. The quantitative estimate of drug-likeness (QED) is 0.0991. The lowest BCUT2D eigenvalue weighted by Crippen LogP contribution is -2.23. The highest BCUT2D eigenvalue weighted by Gasteiger charge is 2.28. The molecule has 1 N–H and O–H groups in total. The zero-order chi connectivity index (χ0) is 31.4. The molecule has 0 atom stereocenters. The molecule has 0 fully saturated rings. The molecule has 0 spiro atoms. The maximum atomic E-state index is 14.2. The van der Waals surface area contributed by atoms with Crippen molar-refractivity contribution in [3.05, 3.63) is 91.9 Å². The Morgan fingerprint density at radius 1 is 0.909 bits per heavy atom. The standard InChI is InChI=1S/C32H29N3O6S3/c1-5-40-30(38)23-18(3)26(31(39)41-6-2)44-27(23)33-22(36)17-42-32-34-28-25(29(37)35(32)21-15-11-8-12-16-21)24(19(4)43-28)20-13-9-7-10-14-20/h7-16H,5-6,17H2,1-4H3,(H,33,36). The second-order valence-electron chi connectivity index (χ2n) is 9.49. The summed E-state index contributed by atoms with van der Waals surface area (Å²) >= 11 is 3.49. The predicted molar refractivity (Wildman–Crippen MR) is 176 cm³/mol. The Morgan fingerprint density at radius 2 is 1.55 bits per heavy atom. The number of nitrogens with zero attached hydrogens (tertiary/aromatic N) is 2. The molecule has 0 saturated carbocycles. The van der Waals surface area contributed by atoms with Gasteiger partial charge in [-0.2, -0.15) is 0 Å². The fourth-order valence-electron chi connectivity index (χ4n) is 4.73. The number of ether oxygens (including phenoxy) is 2. The third-order valence-corrected chi connectivity index (χ3v) is 9.75.